The Labute approximate surface area is 161 Å². The smallest absolute Gasteiger partial charge is 0.349 e. The molecule has 0 N–H and O–H groups in total. The predicted molar refractivity (Wildman–Crippen MR) is 102 cm³/mol. The number of halogens is 2. The van der Waals surface area contributed by atoms with E-state index >= 15 is 0 Å². The molecule has 0 unspecified atom stereocenters. The van der Waals surface area contributed by atoms with Crippen LogP contribution >= 0.6 is 22.9 Å². The number of ether oxygens (including phenoxy) is 1. The van der Waals surface area contributed by atoms with Gasteiger partial charge in [0.25, 0.3) is 5.56 Å². The highest BCUT2D eigenvalue weighted by Gasteiger charge is 2.19. The molecule has 0 radical (unpaired) electrons. The largest absolute Gasteiger partial charge is 0.455 e. The van der Waals surface area contributed by atoms with Gasteiger partial charge in [0.05, 0.1) is 10.7 Å². The number of fused-ring (bicyclic) bond motifs is 2. The average molecular weight is 403 g/mol. The quantitative estimate of drug-likeness (QED) is 0.477. The number of benzene rings is 1. The standard InChI is InChI=1S/C19H12ClFN2O3S/c1-10-17-13(21)3-2-4-14(17)27-18(10)19(25)26-9-12-7-16(24)23-8-11(20)5-6-15(23)22-12/h2-8H,9H2,1H3. The highest BCUT2D eigenvalue weighted by Crippen LogP contribution is 2.33. The van der Waals surface area contributed by atoms with E-state index in [-0.39, 0.29) is 18.0 Å². The van der Waals surface area contributed by atoms with Crippen LogP contribution in [0.4, 0.5) is 4.39 Å². The van der Waals surface area contributed by atoms with Gasteiger partial charge in [-0.1, -0.05) is 17.7 Å². The van der Waals surface area contributed by atoms with E-state index in [4.69, 9.17) is 16.3 Å². The van der Waals surface area contributed by atoms with Gasteiger partial charge in [-0.15, -0.1) is 11.3 Å². The van der Waals surface area contributed by atoms with Gasteiger partial charge in [-0.2, -0.15) is 0 Å². The van der Waals surface area contributed by atoms with E-state index in [0.29, 0.717) is 36.9 Å². The van der Waals surface area contributed by atoms with Crippen molar-refractivity contribution < 1.29 is 13.9 Å². The van der Waals surface area contributed by atoms with Crippen LogP contribution in [0.5, 0.6) is 0 Å². The zero-order valence-electron chi connectivity index (χ0n) is 14.0. The predicted octanol–water partition coefficient (Wildman–Crippen LogP) is 4.37. The van der Waals surface area contributed by atoms with Crippen LogP contribution in [-0.2, 0) is 11.3 Å². The molecule has 1 aromatic carbocycles. The van der Waals surface area contributed by atoms with Gasteiger partial charge in [-0.25, -0.2) is 14.2 Å². The molecule has 0 aliphatic carbocycles. The third-order valence-electron chi connectivity index (χ3n) is 4.12. The maximum atomic E-state index is 14.0. The topological polar surface area (TPSA) is 60.7 Å². The lowest BCUT2D eigenvalue weighted by Gasteiger charge is -2.06. The van der Waals surface area contributed by atoms with Crippen LogP contribution in [0, 0.1) is 12.7 Å². The minimum absolute atomic E-state index is 0.163. The van der Waals surface area contributed by atoms with Crippen molar-refractivity contribution in [3.05, 3.63) is 79.9 Å². The van der Waals surface area contributed by atoms with Crippen LogP contribution in [0.25, 0.3) is 15.7 Å². The van der Waals surface area contributed by atoms with Gasteiger partial charge in [0.15, 0.2) is 0 Å². The Morgan fingerprint density at radius 2 is 2.15 bits per heavy atom. The lowest BCUT2D eigenvalue weighted by Crippen LogP contribution is -2.16. The number of aromatic nitrogens is 2. The van der Waals surface area contributed by atoms with Crippen molar-refractivity contribution in [2.75, 3.05) is 0 Å². The van der Waals surface area contributed by atoms with Crippen molar-refractivity contribution in [1.82, 2.24) is 9.38 Å². The molecule has 0 aliphatic heterocycles. The number of rotatable bonds is 3. The molecule has 0 fully saturated rings. The number of carbonyl (C=O) groups excluding carboxylic acids is 1. The van der Waals surface area contributed by atoms with Crippen LogP contribution in [0.1, 0.15) is 20.9 Å². The average Bonchev–Trinajstić information content (AvgIpc) is 2.98. The normalized spacial score (nSPS) is 11.2. The first kappa shape index (κ1) is 17.6. The highest BCUT2D eigenvalue weighted by molar-refractivity contribution is 7.21. The molecule has 4 aromatic rings. The second-order valence-electron chi connectivity index (χ2n) is 5.91. The summed E-state index contributed by atoms with van der Waals surface area (Å²) in [5.41, 5.74) is 0.937. The summed E-state index contributed by atoms with van der Waals surface area (Å²) in [5, 5.41) is 0.839. The second kappa shape index (κ2) is 6.75. The molecule has 8 heteroatoms. The summed E-state index contributed by atoms with van der Waals surface area (Å²) >= 11 is 7.05. The SMILES string of the molecule is Cc1c(C(=O)OCc2cc(=O)n3cc(Cl)ccc3n2)sc2cccc(F)c12. The van der Waals surface area contributed by atoms with E-state index < -0.39 is 5.97 Å². The summed E-state index contributed by atoms with van der Waals surface area (Å²) < 4.78 is 21.3. The van der Waals surface area contributed by atoms with E-state index in [9.17, 15) is 14.0 Å². The minimum Gasteiger partial charge on any atom is -0.455 e. The Hall–Kier alpha value is -2.77. The molecule has 5 nitrogen and oxygen atoms in total. The van der Waals surface area contributed by atoms with Crippen molar-refractivity contribution in [2.45, 2.75) is 13.5 Å². The van der Waals surface area contributed by atoms with Gasteiger partial charge in [0.1, 0.15) is 22.9 Å². The summed E-state index contributed by atoms with van der Waals surface area (Å²) in [4.78, 5) is 29.2. The number of aryl methyl sites for hydroxylation is 1. The van der Waals surface area contributed by atoms with Crippen molar-refractivity contribution in [3.63, 3.8) is 0 Å². The van der Waals surface area contributed by atoms with Gasteiger partial charge in [-0.05, 0) is 36.8 Å². The second-order valence-corrected chi connectivity index (χ2v) is 7.40. The molecule has 136 valence electrons. The third-order valence-corrected chi connectivity index (χ3v) is 5.58. The van der Waals surface area contributed by atoms with Crippen LogP contribution in [0.15, 0.2) is 47.4 Å². The van der Waals surface area contributed by atoms with Gasteiger partial charge in [0.2, 0.25) is 0 Å². The fourth-order valence-corrected chi connectivity index (χ4v) is 4.13. The summed E-state index contributed by atoms with van der Waals surface area (Å²) in [6.07, 6.45) is 1.47. The van der Waals surface area contributed by atoms with E-state index in [1.165, 1.54) is 34.1 Å². The molecular weight excluding hydrogens is 391 g/mol. The Morgan fingerprint density at radius 1 is 1.33 bits per heavy atom. The number of hydrogen-bond acceptors (Lipinski definition) is 5. The van der Waals surface area contributed by atoms with Crippen molar-refractivity contribution in [1.29, 1.82) is 0 Å². The fourth-order valence-electron chi connectivity index (χ4n) is 2.85. The van der Waals surface area contributed by atoms with E-state index in [1.807, 2.05) is 0 Å². The molecule has 0 atom stereocenters. The van der Waals surface area contributed by atoms with Crippen LogP contribution in [0.3, 0.4) is 0 Å². The van der Waals surface area contributed by atoms with Crippen LogP contribution in [-0.4, -0.2) is 15.4 Å². The molecule has 3 heterocycles. The van der Waals surface area contributed by atoms with Gasteiger partial charge >= 0.3 is 5.97 Å². The molecular formula is C19H12ClFN2O3S. The summed E-state index contributed by atoms with van der Waals surface area (Å²) in [6, 6.07) is 9.22. The number of carbonyl (C=O) groups is 1. The molecule has 0 saturated heterocycles. The molecule has 0 amide bonds. The molecule has 27 heavy (non-hydrogen) atoms. The number of esters is 1. The zero-order valence-corrected chi connectivity index (χ0v) is 15.6. The monoisotopic (exact) mass is 402 g/mol. The molecule has 0 bridgehead atoms. The maximum absolute atomic E-state index is 14.0. The number of hydrogen-bond donors (Lipinski definition) is 0. The van der Waals surface area contributed by atoms with Crippen molar-refractivity contribution in [3.8, 4) is 0 Å². The Balaban J connectivity index is 1.61. The fraction of sp³-hybridized carbons (Fsp3) is 0.105. The van der Waals surface area contributed by atoms with Crippen LogP contribution in [0.2, 0.25) is 5.02 Å². The van der Waals surface area contributed by atoms with Gasteiger partial charge in [0, 0.05) is 22.3 Å². The lowest BCUT2D eigenvalue weighted by atomic mass is 10.1. The zero-order chi connectivity index (χ0) is 19.1. The first-order valence-corrected chi connectivity index (χ1v) is 9.16. The Bertz CT molecular complexity index is 1270. The lowest BCUT2D eigenvalue weighted by molar-refractivity contribution is 0.0473. The third kappa shape index (κ3) is 3.20. The van der Waals surface area contributed by atoms with E-state index in [2.05, 4.69) is 4.98 Å². The van der Waals surface area contributed by atoms with Crippen molar-refractivity contribution in [2.24, 2.45) is 0 Å². The Morgan fingerprint density at radius 3 is 2.93 bits per heavy atom. The Kier molecular flexibility index (Phi) is 4.41. The molecule has 3 aromatic heterocycles. The molecule has 4 rings (SSSR count). The van der Waals surface area contributed by atoms with Crippen LogP contribution < -0.4 is 5.56 Å². The number of nitrogens with zero attached hydrogens (tertiary/aromatic N) is 2. The van der Waals surface area contributed by atoms with Crippen molar-refractivity contribution >= 4 is 44.6 Å². The first-order chi connectivity index (χ1) is 12.9. The summed E-state index contributed by atoms with van der Waals surface area (Å²) in [5.74, 6) is -0.950. The summed E-state index contributed by atoms with van der Waals surface area (Å²) in [7, 11) is 0. The maximum Gasteiger partial charge on any atom is 0.349 e. The molecule has 0 spiro atoms. The minimum atomic E-state index is -0.578. The molecule has 0 aliphatic rings. The summed E-state index contributed by atoms with van der Waals surface area (Å²) in [6.45, 7) is 1.52. The first-order valence-electron chi connectivity index (χ1n) is 7.96. The van der Waals surface area contributed by atoms with Gasteiger partial charge < -0.3 is 4.74 Å². The van der Waals surface area contributed by atoms with E-state index in [0.717, 1.165) is 0 Å². The highest BCUT2D eigenvalue weighted by atomic mass is 35.5. The number of pyridine rings is 1. The van der Waals surface area contributed by atoms with E-state index in [1.54, 1.807) is 31.2 Å². The number of thiophene rings is 1. The molecule has 0 saturated carbocycles. The van der Waals surface area contributed by atoms with Gasteiger partial charge in [-0.3, -0.25) is 9.20 Å².